The van der Waals surface area contributed by atoms with Crippen LogP contribution in [-0.2, 0) is 12.8 Å². The van der Waals surface area contributed by atoms with E-state index in [2.05, 4.69) is 11.1 Å². The van der Waals surface area contributed by atoms with Crippen molar-refractivity contribution in [2.24, 2.45) is 0 Å². The molecule has 0 spiro atoms. The molecule has 0 atom stereocenters. The second-order valence-corrected chi connectivity index (χ2v) is 4.91. The van der Waals surface area contributed by atoms with Gasteiger partial charge in [-0.25, -0.2) is 4.98 Å². The molecule has 1 heterocycles. The lowest BCUT2D eigenvalue weighted by molar-refractivity contribution is 0.0965. The molecule has 88 valence electrons. The van der Waals surface area contributed by atoms with Gasteiger partial charge in [0.1, 0.15) is 11.4 Å². The van der Waals surface area contributed by atoms with Crippen molar-refractivity contribution in [1.29, 1.82) is 0 Å². The summed E-state index contributed by atoms with van der Waals surface area (Å²) in [6.07, 6.45) is 5.91. The lowest BCUT2D eigenvalue weighted by atomic mass is 9.92. The molecule has 0 saturated carbocycles. The van der Waals surface area contributed by atoms with E-state index in [0.717, 1.165) is 43.2 Å². The van der Waals surface area contributed by atoms with Crippen LogP contribution >= 0.6 is 0 Å². The van der Waals surface area contributed by atoms with E-state index in [-0.39, 0.29) is 11.6 Å². The van der Waals surface area contributed by atoms with Gasteiger partial charge in [-0.3, -0.25) is 9.59 Å². The van der Waals surface area contributed by atoms with E-state index >= 15 is 0 Å². The average molecular weight is 229 g/mol. The van der Waals surface area contributed by atoms with E-state index in [1.807, 2.05) is 0 Å². The first-order valence-corrected chi connectivity index (χ1v) is 6.35. The highest BCUT2D eigenvalue weighted by Crippen LogP contribution is 2.26. The number of pyridine rings is 1. The van der Waals surface area contributed by atoms with Crippen molar-refractivity contribution < 1.29 is 9.59 Å². The van der Waals surface area contributed by atoms with Crippen LogP contribution < -0.4 is 0 Å². The highest BCUT2D eigenvalue weighted by Gasteiger charge is 2.24. The molecule has 0 amide bonds. The number of aryl methyl sites for hydroxylation is 2. The normalized spacial score (nSPS) is 19.5. The summed E-state index contributed by atoms with van der Waals surface area (Å²) in [5.41, 5.74) is 3.23. The van der Waals surface area contributed by atoms with E-state index in [1.165, 1.54) is 0 Å². The van der Waals surface area contributed by atoms with Crippen LogP contribution in [0.5, 0.6) is 0 Å². The Bertz CT molecular complexity index is 505. The summed E-state index contributed by atoms with van der Waals surface area (Å²) in [5, 5.41) is 0. The Morgan fingerprint density at radius 1 is 0.765 bits per heavy atom. The van der Waals surface area contributed by atoms with E-state index < -0.39 is 0 Å². The Labute approximate surface area is 100 Å². The van der Waals surface area contributed by atoms with Crippen LogP contribution in [0.15, 0.2) is 6.07 Å². The lowest BCUT2D eigenvalue weighted by Crippen LogP contribution is -2.17. The van der Waals surface area contributed by atoms with Crippen LogP contribution in [0.3, 0.4) is 0 Å². The van der Waals surface area contributed by atoms with Crippen molar-refractivity contribution in [1.82, 2.24) is 4.98 Å². The minimum absolute atomic E-state index is 0.103. The number of Topliss-reactive ketones (excluding diaryl/α,β-unsaturated/α-hetero) is 2. The summed E-state index contributed by atoms with van der Waals surface area (Å²) in [7, 11) is 0. The van der Waals surface area contributed by atoms with Gasteiger partial charge in [0.15, 0.2) is 11.6 Å². The van der Waals surface area contributed by atoms with Gasteiger partial charge in [-0.05, 0) is 43.2 Å². The smallest absolute Gasteiger partial charge is 0.181 e. The average Bonchev–Trinajstić information content (AvgIpc) is 2.50. The standard InChI is InChI=1S/C14H15NO2/c16-11-6-2-1-4-9-8-10-5-3-7-12(17)14(10)15-13(9)11/h8H,1-7H2. The third kappa shape index (κ3) is 1.79. The first-order valence-electron chi connectivity index (χ1n) is 6.35. The van der Waals surface area contributed by atoms with Crippen LogP contribution in [0.4, 0.5) is 0 Å². The first-order chi connectivity index (χ1) is 8.25. The number of carbonyl (C=O) groups excluding carboxylic acids is 2. The van der Waals surface area contributed by atoms with E-state index in [4.69, 9.17) is 0 Å². The molecule has 0 aliphatic heterocycles. The summed E-state index contributed by atoms with van der Waals surface area (Å²) in [5.74, 6) is 0.213. The maximum Gasteiger partial charge on any atom is 0.181 e. The van der Waals surface area contributed by atoms with Crippen molar-refractivity contribution in [2.45, 2.75) is 44.9 Å². The molecule has 0 aromatic carbocycles. The van der Waals surface area contributed by atoms with Gasteiger partial charge in [0, 0.05) is 12.8 Å². The van der Waals surface area contributed by atoms with Gasteiger partial charge in [0.25, 0.3) is 0 Å². The highest BCUT2D eigenvalue weighted by atomic mass is 16.1. The fourth-order valence-corrected chi connectivity index (χ4v) is 2.74. The first kappa shape index (κ1) is 10.6. The van der Waals surface area contributed by atoms with Crippen LogP contribution in [-0.4, -0.2) is 16.6 Å². The monoisotopic (exact) mass is 229 g/mol. The second kappa shape index (κ2) is 4.06. The van der Waals surface area contributed by atoms with Crippen molar-refractivity contribution in [3.05, 3.63) is 28.6 Å². The molecule has 1 aromatic rings. The molecule has 0 unspecified atom stereocenters. The predicted molar refractivity (Wildman–Crippen MR) is 63.4 cm³/mol. The number of aromatic nitrogens is 1. The topological polar surface area (TPSA) is 47.0 Å². The van der Waals surface area contributed by atoms with Crippen molar-refractivity contribution >= 4 is 11.6 Å². The maximum atomic E-state index is 11.9. The number of rotatable bonds is 0. The Morgan fingerprint density at radius 3 is 2.00 bits per heavy atom. The minimum Gasteiger partial charge on any atom is -0.292 e. The van der Waals surface area contributed by atoms with Gasteiger partial charge in [0.05, 0.1) is 0 Å². The van der Waals surface area contributed by atoms with Gasteiger partial charge in [-0.15, -0.1) is 0 Å². The Kier molecular flexibility index (Phi) is 2.54. The number of hydrogen-bond donors (Lipinski definition) is 0. The van der Waals surface area contributed by atoms with Crippen LogP contribution in [0, 0.1) is 0 Å². The number of nitrogens with zero attached hydrogens (tertiary/aromatic N) is 1. The fraction of sp³-hybridized carbons (Fsp3) is 0.500. The summed E-state index contributed by atoms with van der Waals surface area (Å²) in [6, 6.07) is 2.05. The molecule has 0 fully saturated rings. The molecule has 0 saturated heterocycles. The van der Waals surface area contributed by atoms with Crippen molar-refractivity contribution in [3.8, 4) is 0 Å². The van der Waals surface area contributed by atoms with Crippen LogP contribution in [0.1, 0.15) is 64.2 Å². The predicted octanol–water partition coefficient (Wildman–Crippen LogP) is 2.51. The number of fused-ring (bicyclic) bond motifs is 2. The maximum absolute atomic E-state index is 11.9. The summed E-state index contributed by atoms with van der Waals surface area (Å²) in [6.45, 7) is 0. The molecule has 3 heteroatoms. The Morgan fingerprint density at radius 2 is 1.29 bits per heavy atom. The second-order valence-electron chi connectivity index (χ2n) is 4.91. The minimum atomic E-state index is 0.103. The van der Waals surface area contributed by atoms with Gasteiger partial charge in [-0.2, -0.15) is 0 Å². The zero-order valence-corrected chi connectivity index (χ0v) is 9.79. The van der Waals surface area contributed by atoms with E-state index in [0.29, 0.717) is 24.2 Å². The highest BCUT2D eigenvalue weighted by molar-refractivity contribution is 6.00. The third-order valence-corrected chi connectivity index (χ3v) is 3.66. The Balaban J connectivity index is 2.15. The van der Waals surface area contributed by atoms with Crippen molar-refractivity contribution in [2.75, 3.05) is 0 Å². The number of hydrogen-bond acceptors (Lipinski definition) is 3. The van der Waals surface area contributed by atoms with E-state index in [9.17, 15) is 9.59 Å². The molecule has 2 aliphatic rings. The van der Waals surface area contributed by atoms with E-state index in [1.54, 1.807) is 0 Å². The molecule has 0 radical (unpaired) electrons. The summed E-state index contributed by atoms with van der Waals surface area (Å²) >= 11 is 0. The molecule has 17 heavy (non-hydrogen) atoms. The molecule has 3 nitrogen and oxygen atoms in total. The summed E-state index contributed by atoms with van der Waals surface area (Å²) < 4.78 is 0. The zero-order valence-electron chi connectivity index (χ0n) is 9.79. The quantitative estimate of drug-likeness (QED) is 0.642. The van der Waals surface area contributed by atoms with Gasteiger partial charge in [0.2, 0.25) is 0 Å². The fourth-order valence-electron chi connectivity index (χ4n) is 2.74. The van der Waals surface area contributed by atoms with Crippen molar-refractivity contribution in [3.63, 3.8) is 0 Å². The van der Waals surface area contributed by atoms with Gasteiger partial charge in [-0.1, -0.05) is 6.07 Å². The largest absolute Gasteiger partial charge is 0.292 e. The molecule has 2 aliphatic carbocycles. The molecular formula is C14H15NO2. The van der Waals surface area contributed by atoms with Crippen LogP contribution in [0.25, 0.3) is 0 Å². The van der Waals surface area contributed by atoms with Gasteiger partial charge < -0.3 is 0 Å². The summed E-state index contributed by atoms with van der Waals surface area (Å²) in [4.78, 5) is 28.1. The lowest BCUT2D eigenvalue weighted by Gasteiger charge is -2.16. The number of ketones is 2. The molecule has 3 rings (SSSR count). The molecular weight excluding hydrogens is 214 g/mol. The number of carbonyl (C=O) groups is 2. The zero-order chi connectivity index (χ0) is 11.8. The SMILES string of the molecule is O=C1CCCCc2cc3c(nc21)C(=O)CCC3. The Hall–Kier alpha value is -1.51. The molecule has 0 N–H and O–H groups in total. The third-order valence-electron chi connectivity index (χ3n) is 3.66. The van der Waals surface area contributed by atoms with Gasteiger partial charge >= 0.3 is 0 Å². The molecule has 0 bridgehead atoms. The molecule has 1 aromatic heterocycles. The van der Waals surface area contributed by atoms with Crippen LogP contribution in [0.2, 0.25) is 0 Å².